The van der Waals surface area contributed by atoms with Gasteiger partial charge in [-0.2, -0.15) is 0 Å². The van der Waals surface area contributed by atoms with E-state index in [1.807, 2.05) is 42.5 Å². The van der Waals surface area contributed by atoms with Gasteiger partial charge in [-0.3, -0.25) is 4.79 Å². The van der Waals surface area contributed by atoms with Crippen LogP contribution in [0.15, 0.2) is 42.5 Å². The summed E-state index contributed by atoms with van der Waals surface area (Å²) in [7, 11) is 4.80. The van der Waals surface area contributed by atoms with E-state index in [0.717, 1.165) is 17.0 Å². The SMILES string of the molecule is COc1ccc(NC(=O)CCc2ccc(OC)c(OC)c2)cc1. The predicted octanol–water partition coefficient (Wildman–Crippen LogP) is 3.28. The third-order valence-electron chi connectivity index (χ3n) is 3.46. The number of carbonyl (C=O) groups is 1. The number of hydrogen-bond acceptors (Lipinski definition) is 4. The summed E-state index contributed by atoms with van der Waals surface area (Å²) < 4.78 is 15.5. The minimum atomic E-state index is -0.0371. The molecule has 0 atom stereocenters. The molecule has 2 rings (SSSR count). The quantitative estimate of drug-likeness (QED) is 0.852. The Hall–Kier alpha value is -2.69. The van der Waals surface area contributed by atoms with Gasteiger partial charge in [-0.15, -0.1) is 0 Å². The van der Waals surface area contributed by atoms with Crippen LogP contribution < -0.4 is 19.5 Å². The molecule has 5 nitrogen and oxygen atoms in total. The predicted molar refractivity (Wildman–Crippen MR) is 89.5 cm³/mol. The van der Waals surface area contributed by atoms with E-state index in [9.17, 15) is 4.79 Å². The molecule has 0 saturated heterocycles. The fourth-order valence-corrected chi connectivity index (χ4v) is 2.19. The van der Waals surface area contributed by atoms with Crippen molar-refractivity contribution in [3.63, 3.8) is 0 Å². The van der Waals surface area contributed by atoms with E-state index in [-0.39, 0.29) is 5.91 Å². The topological polar surface area (TPSA) is 56.8 Å². The van der Waals surface area contributed by atoms with Crippen molar-refractivity contribution in [1.29, 1.82) is 0 Å². The Balaban J connectivity index is 1.90. The number of ether oxygens (including phenoxy) is 3. The summed E-state index contributed by atoms with van der Waals surface area (Å²) in [5.41, 5.74) is 1.77. The van der Waals surface area contributed by atoms with Crippen LogP contribution >= 0.6 is 0 Å². The highest BCUT2D eigenvalue weighted by Crippen LogP contribution is 2.28. The molecule has 0 bridgehead atoms. The first kappa shape index (κ1) is 16.7. The number of anilines is 1. The summed E-state index contributed by atoms with van der Waals surface area (Å²) in [6, 6.07) is 12.9. The first-order valence-electron chi connectivity index (χ1n) is 7.31. The number of carbonyl (C=O) groups excluding carboxylic acids is 1. The van der Waals surface area contributed by atoms with Crippen molar-refractivity contribution in [1.82, 2.24) is 0 Å². The maximum absolute atomic E-state index is 12.0. The van der Waals surface area contributed by atoms with Gasteiger partial charge in [0.15, 0.2) is 11.5 Å². The van der Waals surface area contributed by atoms with E-state index in [4.69, 9.17) is 14.2 Å². The Labute approximate surface area is 136 Å². The van der Waals surface area contributed by atoms with Crippen LogP contribution in [0.25, 0.3) is 0 Å². The highest BCUT2D eigenvalue weighted by Gasteiger charge is 2.07. The Morgan fingerprint density at radius 2 is 1.61 bits per heavy atom. The lowest BCUT2D eigenvalue weighted by Crippen LogP contribution is -2.12. The Bertz CT molecular complexity index is 653. The van der Waals surface area contributed by atoms with E-state index in [1.165, 1.54) is 0 Å². The summed E-state index contributed by atoms with van der Waals surface area (Å²) >= 11 is 0. The number of hydrogen-bond donors (Lipinski definition) is 1. The van der Waals surface area contributed by atoms with Gasteiger partial charge in [-0.25, -0.2) is 0 Å². The minimum Gasteiger partial charge on any atom is -0.497 e. The van der Waals surface area contributed by atoms with Crippen molar-refractivity contribution in [2.24, 2.45) is 0 Å². The van der Waals surface area contributed by atoms with Gasteiger partial charge < -0.3 is 19.5 Å². The lowest BCUT2D eigenvalue weighted by Gasteiger charge is -2.10. The minimum absolute atomic E-state index is 0.0371. The second-order valence-corrected chi connectivity index (χ2v) is 4.97. The van der Waals surface area contributed by atoms with Crippen LogP contribution in [0.3, 0.4) is 0 Å². The summed E-state index contributed by atoms with van der Waals surface area (Å²) in [5.74, 6) is 2.07. The molecule has 0 spiro atoms. The smallest absolute Gasteiger partial charge is 0.224 e. The highest BCUT2D eigenvalue weighted by atomic mass is 16.5. The molecule has 0 heterocycles. The number of amides is 1. The Kier molecular flexibility index (Phi) is 5.86. The number of nitrogens with one attached hydrogen (secondary N) is 1. The van der Waals surface area contributed by atoms with Gasteiger partial charge in [-0.1, -0.05) is 6.07 Å². The maximum Gasteiger partial charge on any atom is 0.224 e. The number of benzene rings is 2. The Morgan fingerprint density at radius 1 is 0.913 bits per heavy atom. The zero-order chi connectivity index (χ0) is 16.7. The fraction of sp³-hybridized carbons (Fsp3) is 0.278. The van der Waals surface area contributed by atoms with Crippen LogP contribution in [-0.2, 0) is 11.2 Å². The van der Waals surface area contributed by atoms with Crippen LogP contribution in [0.2, 0.25) is 0 Å². The van der Waals surface area contributed by atoms with Crippen LogP contribution in [0, 0.1) is 0 Å². The van der Waals surface area contributed by atoms with E-state index < -0.39 is 0 Å². The molecule has 122 valence electrons. The molecule has 23 heavy (non-hydrogen) atoms. The van der Waals surface area contributed by atoms with Crippen molar-refractivity contribution >= 4 is 11.6 Å². The van der Waals surface area contributed by atoms with E-state index in [2.05, 4.69) is 5.32 Å². The van der Waals surface area contributed by atoms with Crippen LogP contribution in [-0.4, -0.2) is 27.2 Å². The average molecular weight is 315 g/mol. The highest BCUT2D eigenvalue weighted by molar-refractivity contribution is 5.90. The van der Waals surface area contributed by atoms with Crippen molar-refractivity contribution in [3.8, 4) is 17.2 Å². The monoisotopic (exact) mass is 315 g/mol. The van der Waals surface area contributed by atoms with E-state index in [1.54, 1.807) is 21.3 Å². The van der Waals surface area contributed by atoms with Crippen molar-refractivity contribution in [2.75, 3.05) is 26.6 Å². The molecule has 0 radical (unpaired) electrons. The molecule has 1 amide bonds. The van der Waals surface area contributed by atoms with Gasteiger partial charge in [-0.05, 0) is 48.4 Å². The molecule has 0 aliphatic heterocycles. The van der Waals surface area contributed by atoms with Gasteiger partial charge >= 0.3 is 0 Å². The molecular weight excluding hydrogens is 294 g/mol. The maximum atomic E-state index is 12.0. The first-order valence-corrected chi connectivity index (χ1v) is 7.31. The molecule has 0 aliphatic rings. The van der Waals surface area contributed by atoms with Crippen LogP contribution in [0.5, 0.6) is 17.2 Å². The molecule has 0 aliphatic carbocycles. The van der Waals surface area contributed by atoms with Crippen LogP contribution in [0.4, 0.5) is 5.69 Å². The molecular formula is C18H21NO4. The average Bonchev–Trinajstić information content (AvgIpc) is 2.60. The second-order valence-electron chi connectivity index (χ2n) is 4.97. The number of aryl methyl sites for hydroxylation is 1. The van der Waals surface area contributed by atoms with E-state index >= 15 is 0 Å². The first-order chi connectivity index (χ1) is 11.2. The molecule has 0 saturated carbocycles. The molecule has 0 fully saturated rings. The van der Waals surface area contributed by atoms with Gasteiger partial charge in [0.2, 0.25) is 5.91 Å². The van der Waals surface area contributed by atoms with Gasteiger partial charge in [0.25, 0.3) is 0 Å². The van der Waals surface area contributed by atoms with Crippen molar-refractivity contribution in [3.05, 3.63) is 48.0 Å². The lowest BCUT2D eigenvalue weighted by atomic mass is 10.1. The second kappa shape index (κ2) is 8.08. The molecule has 2 aromatic rings. The molecule has 5 heteroatoms. The molecule has 2 aromatic carbocycles. The van der Waals surface area contributed by atoms with E-state index in [0.29, 0.717) is 24.3 Å². The third-order valence-corrected chi connectivity index (χ3v) is 3.46. The zero-order valence-electron chi connectivity index (χ0n) is 13.6. The lowest BCUT2D eigenvalue weighted by molar-refractivity contribution is -0.116. The summed E-state index contributed by atoms with van der Waals surface area (Å²) in [6.07, 6.45) is 1.02. The zero-order valence-corrected chi connectivity index (χ0v) is 13.6. The number of methoxy groups -OCH3 is 3. The largest absolute Gasteiger partial charge is 0.497 e. The summed E-state index contributed by atoms with van der Waals surface area (Å²) in [5, 5.41) is 2.86. The van der Waals surface area contributed by atoms with Crippen molar-refractivity contribution < 1.29 is 19.0 Å². The van der Waals surface area contributed by atoms with Crippen LogP contribution in [0.1, 0.15) is 12.0 Å². The summed E-state index contributed by atoms with van der Waals surface area (Å²) in [6.45, 7) is 0. The Morgan fingerprint density at radius 3 is 2.22 bits per heavy atom. The summed E-state index contributed by atoms with van der Waals surface area (Å²) in [4.78, 5) is 12.0. The third kappa shape index (κ3) is 4.64. The molecule has 0 aromatic heterocycles. The van der Waals surface area contributed by atoms with Gasteiger partial charge in [0, 0.05) is 12.1 Å². The fourth-order valence-electron chi connectivity index (χ4n) is 2.19. The van der Waals surface area contributed by atoms with Gasteiger partial charge in [0.05, 0.1) is 21.3 Å². The molecule has 0 unspecified atom stereocenters. The normalized spacial score (nSPS) is 10.0. The number of rotatable bonds is 7. The van der Waals surface area contributed by atoms with Crippen molar-refractivity contribution in [2.45, 2.75) is 12.8 Å². The van der Waals surface area contributed by atoms with Gasteiger partial charge in [0.1, 0.15) is 5.75 Å². The standard InChI is InChI=1S/C18H21NO4/c1-21-15-8-6-14(7-9-15)19-18(20)11-5-13-4-10-16(22-2)17(12-13)23-3/h4,6-10,12H,5,11H2,1-3H3,(H,19,20). The molecule has 1 N–H and O–H groups in total.